The molecule has 0 atom stereocenters. The minimum absolute atomic E-state index is 0.114. The Bertz CT molecular complexity index is 815. The van der Waals surface area contributed by atoms with Crippen molar-refractivity contribution >= 4 is 27.6 Å². The Kier molecular flexibility index (Phi) is 6.14. The van der Waals surface area contributed by atoms with Crippen molar-refractivity contribution in [1.29, 1.82) is 0 Å². The molecule has 2 aromatic rings. The van der Waals surface area contributed by atoms with Crippen molar-refractivity contribution in [3.63, 3.8) is 0 Å². The minimum Gasteiger partial charge on any atom is -0.334 e. The molecule has 2 amide bonds. The molecule has 0 unspecified atom stereocenters. The van der Waals surface area contributed by atoms with Gasteiger partial charge in [0.2, 0.25) is 0 Å². The summed E-state index contributed by atoms with van der Waals surface area (Å²) in [6.45, 7) is 0.370. The number of urea groups is 1. The van der Waals surface area contributed by atoms with E-state index >= 15 is 0 Å². The lowest BCUT2D eigenvalue weighted by atomic mass is 10.2. The van der Waals surface area contributed by atoms with Crippen molar-refractivity contribution in [2.24, 2.45) is 0 Å². The zero-order chi connectivity index (χ0) is 17.4. The molecule has 0 aromatic heterocycles. The van der Waals surface area contributed by atoms with Crippen LogP contribution in [-0.4, -0.2) is 27.2 Å². The van der Waals surface area contributed by atoms with Crippen LogP contribution in [0.2, 0.25) is 0 Å². The zero-order valence-electron chi connectivity index (χ0n) is 13.4. The number of hydrogen-bond donors (Lipinski definition) is 2. The largest absolute Gasteiger partial charge is 0.334 e. The van der Waals surface area contributed by atoms with Gasteiger partial charge in [-0.15, -0.1) is 0 Å². The number of carbonyl (C=O) groups is 1. The molecule has 0 fully saturated rings. The van der Waals surface area contributed by atoms with Crippen molar-refractivity contribution in [3.8, 4) is 0 Å². The molecule has 2 N–H and O–H groups in total. The lowest BCUT2D eigenvalue weighted by molar-refractivity contribution is 0.253. The summed E-state index contributed by atoms with van der Waals surface area (Å²) >= 11 is 0. The summed E-state index contributed by atoms with van der Waals surface area (Å²) in [5.74, 6) is -0.114. The first kappa shape index (κ1) is 17.7. The van der Waals surface area contributed by atoms with Gasteiger partial charge in [0.25, 0.3) is 0 Å². The molecule has 0 aliphatic heterocycles. The van der Waals surface area contributed by atoms with Crippen LogP contribution in [0.5, 0.6) is 0 Å². The fourth-order valence-corrected chi connectivity index (χ4v) is 2.94. The predicted molar refractivity (Wildman–Crippen MR) is 97.5 cm³/mol. The van der Waals surface area contributed by atoms with Crippen LogP contribution >= 0.6 is 0 Å². The molecule has 126 valence electrons. The van der Waals surface area contributed by atoms with E-state index in [1.807, 2.05) is 42.5 Å². The van der Waals surface area contributed by atoms with Crippen LogP contribution in [0.15, 0.2) is 60.7 Å². The molecule has 6 heteroatoms. The van der Waals surface area contributed by atoms with Crippen LogP contribution in [0.1, 0.15) is 11.1 Å². The van der Waals surface area contributed by atoms with Crippen LogP contribution < -0.4 is 10.6 Å². The van der Waals surface area contributed by atoms with Gasteiger partial charge in [-0.25, -0.2) is 13.2 Å². The van der Waals surface area contributed by atoms with Gasteiger partial charge in [-0.2, -0.15) is 0 Å². The molecule has 0 spiro atoms. The first-order valence-electron chi connectivity index (χ1n) is 7.46. The van der Waals surface area contributed by atoms with Gasteiger partial charge in [0.15, 0.2) is 9.84 Å². The summed E-state index contributed by atoms with van der Waals surface area (Å²) in [5.41, 5.74) is 2.11. The van der Waals surface area contributed by atoms with E-state index in [9.17, 15) is 13.2 Å². The van der Waals surface area contributed by atoms with E-state index in [1.165, 1.54) is 0 Å². The van der Waals surface area contributed by atoms with Crippen LogP contribution in [0.4, 0.5) is 10.5 Å². The van der Waals surface area contributed by atoms with Gasteiger partial charge in [-0.05, 0) is 17.2 Å². The van der Waals surface area contributed by atoms with Gasteiger partial charge in [0.1, 0.15) is 0 Å². The van der Waals surface area contributed by atoms with E-state index in [4.69, 9.17) is 0 Å². The van der Waals surface area contributed by atoms with E-state index in [2.05, 4.69) is 10.6 Å². The molecule has 2 rings (SSSR count). The molecule has 24 heavy (non-hydrogen) atoms. The van der Waals surface area contributed by atoms with Gasteiger partial charge in [-0.1, -0.05) is 60.7 Å². The third-order valence-electron chi connectivity index (χ3n) is 3.17. The molecule has 0 heterocycles. The quantitative estimate of drug-likeness (QED) is 0.846. The molecule has 0 saturated carbocycles. The number of amides is 2. The summed E-state index contributed by atoms with van der Waals surface area (Å²) < 4.78 is 22.9. The molecule has 0 aliphatic rings. The second kappa shape index (κ2) is 8.31. The Morgan fingerprint density at radius 2 is 1.71 bits per heavy atom. The standard InChI is InChI=1S/C18H20N2O3S/c1-24(22,23)14-16-11-5-6-12-17(16)20-18(21)19-13-7-10-15-8-3-2-4-9-15/h2-12H,13-14H2,1H3,(H2,19,20,21)/b10-7+. The van der Waals surface area contributed by atoms with Crippen molar-refractivity contribution in [2.45, 2.75) is 5.75 Å². The maximum atomic E-state index is 11.9. The SMILES string of the molecule is CS(=O)(=O)Cc1ccccc1NC(=O)NC/C=C/c1ccccc1. The Hall–Kier alpha value is -2.60. The number of para-hydroxylation sites is 1. The second-order valence-electron chi connectivity index (χ2n) is 5.38. The Balaban J connectivity index is 1.90. The number of carbonyl (C=O) groups excluding carboxylic acids is 1. The third-order valence-corrected chi connectivity index (χ3v) is 4.01. The Morgan fingerprint density at radius 3 is 2.42 bits per heavy atom. The maximum absolute atomic E-state index is 11.9. The lowest BCUT2D eigenvalue weighted by Gasteiger charge is -2.10. The second-order valence-corrected chi connectivity index (χ2v) is 7.52. The van der Waals surface area contributed by atoms with Crippen molar-refractivity contribution in [2.75, 3.05) is 18.1 Å². The normalized spacial score (nSPS) is 11.4. The van der Waals surface area contributed by atoms with E-state index < -0.39 is 9.84 Å². The first-order chi connectivity index (χ1) is 11.4. The van der Waals surface area contributed by atoms with Crippen molar-refractivity contribution < 1.29 is 13.2 Å². The van der Waals surface area contributed by atoms with Gasteiger partial charge in [0.05, 0.1) is 5.75 Å². The highest BCUT2D eigenvalue weighted by Gasteiger charge is 2.10. The highest BCUT2D eigenvalue weighted by atomic mass is 32.2. The van der Waals surface area contributed by atoms with Crippen LogP contribution in [0.3, 0.4) is 0 Å². The smallest absolute Gasteiger partial charge is 0.319 e. The highest BCUT2D eigenvalue weighted by molar-refractivity contribution is 7.89. The number of rotatable bonds is 6. The first-order valence-corrected chi connectivity index (χ1v) is 9.52. The molecular formula is C18H20N2O3S. The summed E-state index contributed by atoms with van der Waals surface area (Å²) in [5, 5.41) is 5.39. The van der Waals surface area contributed by atoms with E-state index in [1.54, 1.807) is 24.3 Å². The summed E-state index contributed by atoms with van der Waals surface area (Å²) in [7, 11) is -3.17. The fraction of sp³-hybridized carbons (Fsp3) is 0.167. The number of nitrogens with one attached hydrogen (secondary N) is 2. The van der Waals surface area contributed by atoms with Crippen molar-refractivity contribution in [1.82, 2.24) is 5.32 Å². The molecule has 0 bridgehead atoms. The number of benzene rings is 2. The fourth-order valence-electron chi connectivity index (χ4n) is 2.13. The average Bonchev–Trinajstić information content (AvgIpc) is 2.53. The number of sulfone groups is 1. The van der Waals surface area contributed by atoms with Gasteiger partial charge in [0, 0.05) is 18.5 Å². The summed E-state index contributed by atoms with van der Waals surface area (Å²) in [6.07, 6.45) is 4.92. The Labute approximate surface area is 142 Å². The molecule has 5 nitrogen and oxygen atoms in total. The molecule has 0 aliphatic carbocycles. The minimum atomic E-state index is -3.17. The van der Waals surface area contributed by atoms with Crippen LogP contribution in [0, 0.1) is 0 Å². The molecule has 0 radical (unpaired) electrons. The maximum Gasteiger partial charge on any atom is 0.319 e. The topological polar surface area (TPSA) is 75.3 Å². The van der Waals surface area contributed by atoms with E-state index in [-0.39, 0.29) is 11.8 Å². The zero-order valence-corrected chi connectivity index (χ0v) is 14.2. The number of hydrogen-bond acceptors (Lipinski definition) is 3. The number of anilines is 1. The lowest BCUT2D eigenvalue weighted by Crippen LogP contribution is -2.29. The van der Waals surface area contributed by atoms with Gasteiger partial charge < -0.3 is 10.6 Å². The van der Waals surface area contributed by atoms with Crippen LogP contribution in [0.25, 0.3) is 6.08 Å². The van der Waals surface area contributed by atoms with Crippen LogP contribution in [-0.2, 0) is 15.6 Å². The Morgan fingerprint density at radius 1 is 1.04 bits per heavy atom. The van der Waals surface area contributed by atoms with Gasteiger partial charge >= 0.3 is 6.03 Å². The molecule has 0 saturated heterocycles. The monoisotopic (exact) mass is 344 g/mol. The highest BCUT2D eigenvalue weighted by Crippen LogP contribution is 2.17. The van der Waals surface area contributed by atoms with Gasteiger partial charge in [-0.3, -0.25) is 0 Å². The molecule has 2 aromatic carbocycles. The van der Waals surface area contributed by atoms with E-state index in [0.717, 1.165) is 11.8 Å². The summed E-state index contributed by atoms with van der Waals surface area (Å²) in [6, 6.07) is 16.2. The predicted octanol–water partition coefficient (Wildman–Crippen LogP) is 3.07. The summed E-state index contributed by atoms with van der Waals surface area (Å²) in [4.78, 5) is 11.9. The third kappa shape index (κ3) is 6.26. The average molecular weight is 344 g/mol. The van der Waals surface area contributed by atoms with Crippen molar-refractivity contribution in [3.05, 3.63) is 71.8 Å². The van der Waals surface area contributed by atoms with E-state index in [0.29, 0.717) is 17.8 Å². The molecular weight excluding hydrogens is 324 g/mol.